The van der Waals surface area contributed by atoms with Gasteiger partial charge < -0.3 is 9.47 Å². The minimum atomic E-state index is -0.535. The van der Waals surface area contributed by atoms with Crippen LogP contribution in [-0.2, 0) is 14.3 Å². The van der Waals surface area contributed by atoms with Gasteiger partial charge >= 0.3 is 11.9 Å². The Kier molecular flexibility index (Phi) is 6.15. The van der Waals surface area contributed by atoms with Crippen LogP contribution in [0.3, 0.4) is 0 Å². The fourth-order valence-corrected chi connectivity index (χ4v) is 1.92. The highest BCUT2D eigenvalue weighted by molar-refractivity contribution is 9.09. The van der Waals surface area contributed by atoms with Crippen molar-refractivity contribution in [1.29, 1.82) is 0 Å². The standard InChI is InChI=1S/C16H19BrO4/c1-16(2,3)21-15(19)13(10-17)9-11-5-7-12(8-6-11)14(18)20-4/h5-9H,10H2,1-4H3/b13-9+. The normalized spacial score (nSPS) is 12.0. The van der Waals surface area contributed by atoms with Gasteiger partial charge in [-0.15, -0.1) is 0 Å². The third-order valence-corrected chi connectivity index (χ3v) is 3.08. The predicted octanol–water partition coefficient (Wildman–Crippen LogP) is 3.59. The summed E-state index contributed by atoms with van der Waals surface area (Å²) < 4.78 is 9.97. The van der Waals surface area contributed by atoms with Gasteiger partial charge in [-0.25, -0.2) is 9.59 Å². The Morgan fingerprint density at radius 1 is 1.19 bits per heavy atom. The van der Waals surface area contributed by atoms with E-state index in [-0.39, 0.29) is 5.97 Å². The lowest BCUT2D eigenvalue weighted by molar-refractivity contribution is -0.149. The molecule has 0 N–H and O–H groups in total. The van der Waals surface area contributed by atoms with Crippen LogP contribution in [0.1, 0.15) is 36.7 Å². The fraction of sp³-hybridized carbons (Fsp3) is 0.375. The van der Waals surface area contributed by atoms with Crippen LogP contribution in [0.2, 0.25) is 0 Å². The summed E-state index contributed by atoms with van der Waals surface area (Å²) in [5.74, 6) is -0.755. The topological polar surface area (TPSA) is 52.6 Å². The quantitative estimate of drug-likeness (QED) is 0.471. The zero-order valence-electron chi connectivity index (χ0n) is 12.6. The van der Waals surface area contributed by atoms with E-state index in [2.05, 4.69) is 20.7 Å². The van der Waals surface area contributed by atoms with E-state index in [9.17, 15) is 9.59 Å². The Balaban J connectivity index is 2.93. The second-order valence-corrected chi connectivity index (χ2v) is 5.98. The van der Waals surface area contributed by atoms with Gasteiger partial charge in [0.05, 0.1) is 12.7 Å². The smallest absolute Gasteiger partial charge is 0.337 e. The molecule has 21 heavy (non-hydrogen) atoms. The molecule has 0 heterocycles. The monoisotopic (exact) mass is 354 g/mol. The zero-order valence-corrected chi connectivity index (χ0v) is 14.2. The second-order valence-electron chi connectivity index (χ2n) is 5.42. The van der Waals surface area contributed by atoms with Crippen molar-refractivity contribution in [3.8, 4) is 0 Å². The van der Waals surface area contributed by atoms with E-state index in [1.807, 2.05) is 20.8 Å². The SMILES string of the molecule is COC(=O)c1ccc(/C=C(\CBr)C(=O)OC(C)(C)C)cc1. The summed E-state index contributed by atoms with van der Waals surface area (Å²) >= 11 is 3.29. The molecule has 0 aliphatic rings. The molecule has 0 saturated heterocycles. The number of ether oxygens (including phenoxy) is 2. The molecule has 114 valence electrons. The molecule has 0 aromatic heterocycles. The summed E-state index contributed by atoms with van der Waals surface area (Å²) in [6.45, 7) is 5.46. The highest BCUT2D eigenvalue weighted by atomic mass is 79.9. The van der Waals surface area contributed by atoms with E-state index >= 15 is 0 Å². The summed E-state index contributed by atoms with van der Waals surface area (Å²) in [4.78, 5) is 23.4. The predicted molar refractivity (Wildman–Crippen MR) is 85.4 cm³/mol. The zero-order chi connectivity index (χ0) is 16.0. The first-order valence-electron chi connectivity index (χ1n) is 6.45. The van der Waals surface area contributed by atoms with Crippen molar-refractivity contribution in [2.45, 2.75) is 26.4 Å². The molecule has 0 saturated carbocycles. The third-order valence-electron chi connectivity index (χ3n) is 2.48. The number of esters is 2. The van der Waals surface area contributed by atoms with Gasteiger partial charge in [-0.05, 0) is 44.5 Å². The molecule has 0 atom stereocenters. The van der Waals surface area contributed by atoms with Crippen molar-refractivity contribution in [2.24, 2.45) is 0 Å². The first kappa shape index (κ1) is 17.4. The van der Waals surface area contributed by atoms with E-state index in [1.54, 1.807) is 30.3 Å². The number of hydrogen-bond acceptors (Lipinski definition) is 4. The lowest BCUT2D eigenvalue weighted by atomic mass is 10.1. The number of rotatable bonds is 4. The Morgan fingerprint density at radius 3 is 2.19 bits per heavy atom. The van der Waals surface area contributed by atoms with Crippen LogP contribution in [0.25, 0.3) is 6.08 Å². The third kappa shape index (κ3) is 5.71. The summed E-state index contributed by atoms with van der Waals surface area (Å²) in [7, 11) is 1.33. The van der Waals surface area contributed by atoms with Gasteiger partial charge in [-0.1, -0.05) is 28.1 Å². The molecule has 0 spiro atoms. The number of hydrogen-bond donors (Lipinski definition) is 0. The Hall–Kier alpha value is -1.62. The maximum atomic E-state index is 12.0. The van der Waals surface area contributed by atoms with Crippen molar-refractivity contribution in [3.05, 3.63) is 41.0 Å². The molecule has 5 heteroatoms. The fourth-order valence-electron chi connectivity index (χ4n) is 1.53. The largest absolute Gasteiger partial charge is 0.465 e. The van der Waals surface area contributed by atoms with Crippen molar-refractivity contribution in [1.82, 2.24) is 0 Å². The molecule has 0 bridgehead atoms. The Morgan fingerprint density at radius 2 is 1.76 bits per heavy atom. The Labute approximate surface area is 133 Å². The van der Waals surface area contributed by atoms with Gasteiger partial charge in [0.15, 0.2) is 0 Å². The number of carbonyl (C=O) groups is 2. The van der Waals surface area contributed by atoms with Crippen molar-refractivity contribution < 1.29 is 19.1 Å². The van der Waals surface area contributed by atoms with Crippen LogP contribution in [0.4, 0.5) is 0 Å². The molecule has 1 aromatic carbocycles. The van der Waals surface area contributed by atoms with Crippen LogP contribution in [0.5, 0.6) is 0 Å². The van der Waals surface area contributed by atoms with Gasteiger partial charge in [-0.3, -0.25) is 0 Å². The molecule has 1 aromatic rings. The average Bonchev–Trinajstić information content (AvgIpc) is 2.42. The number of carbonyl (C=O) groups excluding carboxylic acids is 2. The maximum Gasteiger partial charge on any atom is 0.337 e. The van der Waals surface area contributed by atoms with Crippen molar-refractivity contribution in [2.75, 3.05) is 12.4 Å². The number of halogens is 1. The lowest BCUT2D eigenvalue weighted by Gasteiger charge is -2.20. The molecule has 0 aliphatic carbocycles. The summed E-state index contributed by atoms with van der Waals surface area (Å²) in [6, 6.07) is 6.80. The molecule has 4 nitrogen and oxygen atoms in total. The van der Waals surface area contributed by atoms with E-state index in [4.69, 9.17) is 4.74 Å². The van der Waals surface area contributed by atoms with Crippen LogP contribution < -0.4 is 0 Å². The number of methoxy groups -OCH3 is 1. The summed E-state index contributed by atoms with van der Waals surface area (Å²) in [5, 5.41) is 0.390. The van der Waals surface area contributed by atoms with Gasteiger partial charge in [0.2, 0.25) is 0 Å². The number of benzene rings is 1. The number of alkyl halides is 1. The maximum absolute atomic E-state index is 12.0. The second kappa shape index (κ2) is 7.41. The summed E-state index contributed by atoms with van der Waals surface area (Å²) in [6.07, 6.45) is 1.73. The van der Waals surface area contributed by atoms with Gasteiger partial charge in [0.1, 0.15) is 5.60 Å². The van der Waals surface area contributed by atoms with E-state index in [0.717, 1.165) is 5.56 Å². The van der Waals surface area contributed by atoms with Crippen LogP contribution in [0, 0.1) is 0 Å². The molecular formula is C16H19BrO4. The first-order valence-corrected chi connectivity index (χ1v) is 7.57. The molecule has 0 aliphatic heterocycles. The molecule has 0 fully saturated rings. The van der Waals surface area contributed by atoms with Crippen LogP contribution in [0.15, 0.2) is 29.8 Å². The molecule has 0 amide bonds. The van der Waals surface area contributed by atoms with Gasteiger partial charge in [-0.2, -0.15) is 0 Å². The van der Waals surface area contributed by atoms with Crippen molar-refractivity contribution in [3.63, 3.8) is 0 Å². The highest BCUT2D eigenvalue weighted by Crippen LogP contribution is 2.16. The van der Waals surface area contributed by atoms with Crippen molar-refractivity contribution >= 4 is 33.9 Å². The molecule has 0 radical (unpaired) electrons. The first-order chi connectivity index (χ1) is 9.76. The summed E-state index contributed by atoms with van der Waals surface area (Å²) in [5.41, 5.74) is 1.25. The van der Waals surface area contributed by atoms with Crippen LogP contribution in [-0.4, -0.2) is 30.0 Å². The van der Waals surface area contributed by atoms with E-state index in [0.29, 0.717) is 16.5 Å². The Bertz CT molecular complexity index is 538. The van der Waals surface area contributed by atoms with Crippen LogP contribution >= 0.6 is 15.9 Å². The van der Waals surface area contributed by atoms with E-state index in [1.165, 1.54) is 7.11 Å². The molecule has 1 rings (SSSR count). The minimum Gasteiger partial charge on any atom is -0.465 e. The minimum absolute atomic E-state index is 0.364. The lowest BCUT2D eigenvalue weighted by Crippen LogP contribution is -2.25. The molecule has 0 unspecified atom stereocenters. The highest BCUT2D eigenvalue weighted by Gasteiger charge is 2.19. The van der Waals surface area contributed by atoms with E-state index < -0.39 is 11.6 Å². The van der Waals surface area contributed by atoms with Gasteiger partial charge in [0.25, 0.3) is 0 Å². The van der Waals surface area contributed by atoms with Gasteiger partial charge in [0, 0.05) is 10.9 Å². The average molecular weight is 355 g/mol. The molecular weight excluding hydrogens is 336 g/mol.